The van der Waals surface area contributed by atoms with Crippen LogP contribution in [0.2, 0.25) is 0 Å². The van der Waals surface area contributed by atoms with Gasteiger partial charge in [-0.3, -0.25) is 4.79 Å². The molecule has 1 heterocycles. The molecule has 1 aliphatic heterocycles. The second kappa shape index (κ2) is 10.2. The van der Waals surface area contributed by atoms with Crippen LogP contribution in [0.5, 0.6) is 5.75 Å². The molecule has 0 fully saturated rings. The number of rotatable bonds is 7. The lowest BCUT2D eigenvalue weighted by molar-refractivity contribution is -0.153. The Labute approximate surface area is 208 Å². The molecule has 0 aromatic heterocycles. The van der Waals surface area contributed by atoms with Gasteiger partial charge in [0.1, 0.15) is 5.75 Å². The van der Waals surface area contributed by atoms with Gasteiger partial charge in [-0.2, -0.15) is 13.2 Å². The van der Waals surface area contributed by atoms with Crippen LogP contribution in [0.3, 0.4) is 0 Å². The fraction of sp³-hybridized carbons (Fsp3) is 0.357. The molecule has 0 saturated carbocycles. The highest BCUT2D eigenvalue weighted by Crippen LogP contribution is 2.45. The van der Waals surface area contributed by atoms with Gasteiger partial charge in [-0.25, -0.2) is 4.79 Å². The highest BCUT2D eigenvalue weighted by Gasteiger charge is 2.37. The molecule has 5 nitrogen and oxygen atoms in total. The summed E-state index contributed by atoms with van der Waals surface area (Å²) >= 11 is 0. The number of allylic oxidation sites excluding steroid dienone is 2. The van der Waals surface area contributed by atoms with E-state index in [0.717, 1.165) is 22.9 Å². The van der Waals surface area contributed by atoms with E-state index in [1.807, 2.05) is 39.8 Å². The first-order chi connectivity index (χ1) is 16.7. The molecule has 1 aliphatic rings. The van der Waals surface area contributed by atoms with E-state index in [1.54, 1.807) is 36.1 Å². The number of nitrogens with zero attached hydrogens (tertiary/aromatic N) is 1. The number of alkyl halides is 3. The standard InChI is InChI=1S/C28H30F3NO4/c1-6-32-23-14-20(18(3)12-22(23)27(4,5)15-25(32)33)21-13-19(8-7-17(2)11-26(34)35)9-10-24(21)36-16-28(29,30)31/h7-14H,6,15-16H2,1-5H3,(H,34,35). The maximum absolute atomic E-state index is 13.0. The van der Waals surface area contributed by atoms with Crippen LogP contribution in [-0.2, 0) is 15.0 Å². The number of halogens is 3. The zero-order valence-corrected chi connectivity index (χ0v) is 21.0. The van der Waals surface area contributed by atoms with Gasteiger partial charge < -0.3 is 14.7 Å². The average molecular weight is 502 g/mol. The molecule has 3 rings (SSSR count). The molecule has 0 aliphatic carbocycles. The van der Waals surface area contributed by atoms with Gasteiger partial charge in [0.05, 0.1) is 0 Å². The van der Waals surface area contributed by atoms with Crippen LogP contribution in [0.4, 0.5) is 18.9 Å². The van der Waals surface area contributed by atoms with E-state index in [9.17, 15) is 22.8 Å². The topological polar surface area (TPSA) is 66.8 Å². The Morgan fingerprint density at radius 1 is 1.19 bits per heavy atom. The van der Waals surface area contributed by atoms with Crippen LogP contribution >= 0.6 is 0 Å². The summed E-state index contributed by atoms with van der Waals surface area (Å²) in [6, 6.07) is 8.64. The van der Waals surface area contributed by atoms with Crippen LogP contribution in [-0.4, -0.2) is 36.3 Å². The van der Waals surface area contributed by atoms with Crippen molar-refractivity contribution in [1.82, 2.24) is 0 Å². The first-order valence-corrected chi connectivity index (χ1v) is 11.6. The molecule has 0 spiro atoms. The summed E-state index contributed by atoms with van der Waals surface area (Å²) in [4.78, 5) is 25.4. The average Bonchev–Trinajstić information content (AvgIpc) is 2.75. The Bertz CT molecular complexity index is 1240. The monoisotopic (exact) mass is 501 g/mol. The number of carboxylic acids is 1. The minimum Gasteiger partial charge on any atom is -0.483 e. The van der Waals surface area contributed by atoms with Crippen molar-refractivity contribution in [2.75, 3.05) is 18.1 Å². The van der Waals surface area contributed by atoms with E-state index in [-0.39, 0.29) is 17.1 Å². The van der Waals surface area contributed by atoms with Crippen molar-refractivity contribution in [3.63, 3.8) is 0 Å². The molecule has 1 N–H and O–H groups in total. The molecular formula is C28H30F3NO4. The number of ether oxygens (including phenoxy) is 1. The smallest absolute Gasteiger partial charge is 0.422 e. The highest BCUT2D eigenvalue weighted by atomic mass is 19.4. The number of hydrogen-bond donors (Lipinski definition) is 1. The second-order valence-electron chi connectivity index (χ2n) is 9.60. The molecule has 0 radical (unpaired) electrons. The second-order valence-corrected chi connectivity index (χ2v) is 9.60. The van der Waals surface area contributed by atoms with Gasteiger partial charge in [-0.05, 0) is 66.8 Å². The normalized spacial score (nSPS) is 15.8. The van der Waals surface area contributed by atoms with Crippen LogP contribution in [0.25, 0.3) is 17.2 Å². The molecule has 1 amide bonds. The molecule has 2 aromatic rings. The fourth-order valence-electron chi connectivity index (χ4n) is 4.42. The number of benzene rings is 2. The number of hydrogen-bond acceptors (Lipinski definition) is 3. The van der Waals surface area contributed by atoms with E-state index in [0.29, 0.717) is 35.2 Å². The quantitative estimate of drug-likeness (QED) is 0.339. The lowest BCUT2D eigenvalue weighted by atomic mass is 9.75. The van der Waals surface area contributed by atoms with Crippen molar-refractivity contribution in [2.45, 2.75) is 52.6 Å². The Morgan fingerprint density at radius 2 is 1.89 bits per heavy atom. The number of aryl methyl sites for hydroxylation is 1. The molecule has 0 bridgehead atoms. The van der Waals surface area contributed by atoms with Crippen molar-refractivity contribution >= 4 is 23.6 Å². The van der Waals surface area contributed by atoms with Crippen LogP contribution in [0.15, 0.2) is 48.1 Å². The summed E-state index contributed by atoms with van der Waals surface area (Å²) < 4.78 is 44.1. The van der Waals surface area contributed by atoms with Gasteiger partial charge in [-0.15, -0.1) is 0 Å². The summed E-state index contributed by atoms with van der Waals surface area (Å²) in [5.74, 6) is -1.01. The number of carbonyl (C=O) groups is 2. The number of amides is 1. The SMILES string of the molecule is CCN1C(=O)CC(C)(C)c2cc(C)c(-c3cc(C=CC(C)=CC(=O)O)ccc3OCC(F)(F)F)cc21. The van der Waals surface area contributed by atoms with E-state index < -0.39 is 18.8 Å². The summed E-state index contributed by atoms with van der Waals surface area (Å²) in [6.45, 7) is 8.45. The minimum atomic E-state index is -4.51. The lowest BCUT2D eigenvalue weighted by Gasteiger charge is -2.39. The lowest BCUT2D eigenvalue weighted by Crippen LogP contribution is -2.41. The maximum Gasteiger partial charge on any atom is 0.422 e. The number of aliphatic carboxylic acids is 1. The summed E-state index contributed by atoms with van der Waals surface area (Å²) in [5, 5.41) is 8.91. The third-order valence-electron chi connectivity index (χ3n) is 6.15. The van der Waals surface area contributed by atoms with Crippen molar-refractivity contribution < 1.29 is 32.6 Å². The van der Waals surface area contributed by atoms with Crippen LogP contribution < -0.4 is 9.64 Å². The summed E-state index contributed by atoms with van der Waals surface area (Å²) in [6.07, 6.45) is 0.225. The Balaban J connectivity index is 2.18. The third kappa shape index (κ3) is 6.17. The summed E-state index contributed by atoms with van der Waals surface area (Å²) in [5.41, 5.74) is 4.48. The Morgan fingerprint density at radius 3 is 2.50 bits per heavy atom. The van der Waals surface area contributed by atoms with Gasteiger partial charge in [0.2, 0.25) is 5.91 Å². The zero-order chi connectivity index (χ0) is 26.8. The first kappa shape index (κ1) is 27.0. The molecule has 2 aromatic carbocycles. The Kier molecular flexibility index (Phi) is 7.67. The maximum atomic E-state index is 13.0. The number of anilines is 1. The largest absolute Gasteiger partial charge is 0.483 e. The molecule has 0 saturated heterocycles. The van der Waals surface area contributed by atoms with Gasteiger partial charge in [0.25, 0.3) is 0 Å². The molecule has 192 valence electrons. The predicted molar refractivity (Wildman–Crippen MR) is 134 cm³/mol. The van der Waals surface area contributed by atoms with Crippen molar-refractivity contribution in [3.05, 3.63) is 64.7 Å². The van der Waals surface area contributed by atoms with Crippen molar-refractivity contribution in [1.29, 1.82) is 0 Å². The van der Waals surface area contributed by atoms with E-state index in [2.05, 4.69) is 0 Å². The van der Waals surface area contributed by atoms with Crippen LogP contribution in [0, 0.1) is 6.92 Å². The first-order valence-electron chi connectivity index (χ1n) is 11.6. The number of carbonyl (C=O) groups excluding carboxylic acids is 1. The molecule has 36 heavy (non-hydrogen) atoms. The fourth-order valence-corrected chi connectivity index (χ4v) is 4.42. The Hall–Kier alpha value is -3.55. The number of carboxylic acid groups (broad SMARTS) is 1. The highest BCUT2D eigenvalue weighted by molar-refractivity contribution is 5.99. The molecule has 0 unspecified atom stereocenters. The van der Waals surface area contributed by atoms with E-state index in [4.69, 9.17) is 9.84 Å². The number of fused-ring (bicyclic) bond motifs is 1. The molecule has 0 atom stereocenters. The van der Waals surface area contributed by atoms with Crippen LogP contribution in [0.1, 0.15) is 50.8 Å². The molecular weight excluding hydrogens is 471 g/mol. The van der Waals surface area contributed by atoms with Gasteiger partial charge in [0, 0.05) is 35.7 Å². The van der Waals surface area contributed by atoms with E-state index in [1.165, 1.54) is 6.07 Å². The zero-order valence-electron chi connectivity index (χ0n) is 21.0. The minimum absolute atomic E-state index is 0.00396. The van der Waals surface area contributed by atoms with Gasteiger partial charge >= 0.3 is 12.1 Å². The molecule has 8 heteroatoms. The van der Waals surface area contributed by atoms with Crippen molar-refractivity contribution in [2.24, 2.45) is 0 Å². The predicted octanol–water partition coefficient (Wildman–Crippen LogP) is 6.68. The van der Waals surface area contributed by atoms with E-state index >= 15 is 0 Å². The van der Waals surface area contributed by atoms with Gasteiger partial charge in [0.15, 0.2) is 6.61 Å². The van der Waals surface area contributed by atoms with Crippen molar-refractivity contribution in [3.8, 4) is 16.9 Å². The van der Waals surface area contributed by atoms with Gasteiger partial charge in [-0.1, -0.05) is 38.1 Å². The summed E-state index contributed by atoms with van der Waals surface area (Å²) in [7, 11) is 0. The third-order valence-corrected chi connectivity index (χ3v) is 6.15.